The molecule has 134 valence electrons. The Morgan fingerprint density at radius 2 is 2.00 bits per heavy atom. The summed E-state index contributed by atoms with van der Waals surface area (Å²) >= 11 is 1.80. The number of carbonyl (C=O) groups is 1. The molecule has 6 nitrogen and oxygen atoms in total. The van der Waals surface area contributed by atoms with Gasteiger partial charge in [0.15, 0.2) is 5.96 Å². The van der Waals surface area contributed by atoms with Gasteiger partial charge in [-0.15, -0.1) is 11.3 Å². The van der Waals surface area contributed by atoms with Gasteiger partial charge in [0.2, 0.25) is 5.91 Å². The number of hydrogen-bond donors (Lipinski definition) is 3. The van der Waals surface area contributed by atoms with E-state index in [9.17, 15) is 4.79 Å². The van der Waals surface area contributed by atoms with Crippen molar-refractivity contribution < 1.29 is 4.79 Å². The standard InChI is InChI=1S/C18H25N5OS/c1-4-14-8-9-15(25-14)12-21-18(19-3)20-11-10-17(24)23-16-7-5-6-13(2)22-16/h5-9H,4,10-12H2,1-3H3,(H2,19,20,21)(H,22,23,24). The zero-order valence-electron chi connectivity index (χ0n) is 14.9. The number of carbonyl (C=O) groups excluding carboxylic acids is 1. The van der Waals surface area contributed by atoms with Crippen molar-refractivity contribution in [1.82, 2.24) is 15.6 Å². The van der Waals surface area contributed by atoms with Gasteiger partial charge >= 0.3 is 0 Å². The highest BCUT2D eigenvalue weighted by Gasteiger charge is 2.05. The van der Waals surface area contributed by atoms with E-state index < -0.39 is 0 Å². The molecule has 0 unspecified atom stereocenters. The van der Waals surface area contributed by atoms with Crippen LogP contribution in [-0.4, -0.2) is 30.4 Å². The van der Waals surface area contributed by atoms with Gasteiger partial charge in [-0.1, -0.05) is 13.0 Å². The molecule has 0 saturated carbocycles. The maximum atomic E-state index is 12.0. The lowest BCUT2D eigenvalue weighted by Crippen LogP contribution is -2.38. The highest BCUT2D eigenvalue weighted by Crippen LogP contribution is 2.16. The Morgan fingerprint density at radius 1 is 1.20 bits per heavy atom. The molecule has 2 rings (SSSR count). The van der Waals surface area contributed by atoms with E-state index in [1.165, 1.54) is 9.75 Å². The number of thiophene rings is 1. The molecule has 0 atom stereocenters. The highest BCUT2D eigenvalue weighted by molar-refractivity contribution is 7.11. The average molecular weight is 359 g/mol. The van der Waals surface area contributed by atoms with Gasteiger partial charge in [0.05, 0.1) is 6.54 Å². The number of amides is 1. The number of hydrogen-bond acceptors (Lipinski definition) is 4. The molecule has 25 heavy (non-hydrogen) atoms. The van der Waals surface area contributed by atoms with Gasteiger partial charge in [0.1, 0.15) is 5.82 Å². The number of nitrogens with one attached hydrogen (secondary N) is 3. The van der Waals surface area contributed by atoms with Crippen LogP contribution < -0.4 is 16.0 Å². The van der Waals surface area contributed by atoms with E-state index >= 15 is 0 Å². The molecule has 2 aromatic rings. The number of anilines is 1. The van der Waals surface area contributed by atoms with Crippen LogP contribution in [0.3, 0.4) is 0 Å². The number of rotatable bonds is 7. The van der Waals surface area contributed by atoms with E-state index in [1.807, 2.05) is 19.1 Å². The average Bonchev–Trinajstić information content (AvgIpc) is 3.06. The summed E-state index contributed by atoms with van der Waals surface area (Å²) in [6, 6.07) is 9.83. The largest absolute Gasteiger partial charge is 0.356 e. The Balaban J connectivity index is 1.70. The lowest BCUT2D eigenvalue weighted by molar-refractivity contribution is -0.116. The zero-order chi connectivity index (χ0) is 18.1. The van der Waals surface area contributed by atoms with Crippen molar-refractivity contribution in [3.05, 3.63) is 45.8 Å². The Morgan fingerprint density at radius 3 is 2.68 bits per heavy atom. The van der Waals surface area contributed by atoms with Crippen LogP contribution in [0, 0.1) is 6.92 Å². The summed E-state index contributed by atoms with van der Waals surface area (Å²) in [4.78, 5) is 23.0. The first-order chi connectivity index (χ1) is 12.1. The molecule has 0 aromatic carbocycles. The Kier molecular flexibility index (Phi) is 7.40. The molecular weight excluding hydrogens is 334 g/mol. The second-order valence-corrected chi connectivity index (χ2v) is 6.79. The molecule has 3 N–H and O–H groups in total. The minimum Gasteiger partial charge on any atom is -0.356 e. The molecule has 7 heteroatoms. The number of aryl methyl sites for hydroxylation is 2. The van der Waals surface area contributed by atoms with Crippen LogP contribution >= 0.6 is 11.3 Å². The van der Waals surface area contributed by atoms with Crippen molar-refractivity contribution in [2.45, 2.75) is 33.2 Å². The number of aliphatic imine (C=N–C) groups is 1. The molecule has 2 aromatic heterocycles. The van der Waals surface area contributed by atoms with Crippen molar-refractivity contribution in [2.75, 3.05) is 18.9 Å². The fourth-order valence-electron chi connectivity index (χ4n) is 2.21. The molecule has 0 fully saturated rings. The van der Waals surface area contributed by atoms with E-state index in [0.717, 1.165) is 18.7 Å². The van der Waals surface area contributed by atoms with Gasteiger partial charge in [-0.2, -0.15) is 0 Å². The van der Waals surface area contributed by atoms with Gasteiger partial charge in [-0.3, -0.25) is 9.79 Å². The van der Waals surface area contributed by atoms with E-state index in [1.54, 1.807) is 24.5 Å². The van der Waals surface area contributed by atoms with Crippen LogP contribution in [0.1, 0.15) is 28.8 Å². The van der Waals surface area contributed by atoms with Crippen molar-refractivity contribution in [3.63, 3.8) is 0 Å². The van der Waals surface area contributed by atoms with Gasteiger partial charge in [-0.25, -0.2) is 4.98 Å². The van der Waals surface area contributed by atoms with Crippen molar-refractivity contribution in [1.29, 1.82) is 0 Å². The summed E-state index contributed by atoms with van der Waals surface area (Å²) < 4.78 is 0. The van der Waals surface area contributed by atoms with Gasteiger partial charge in [0.25, 0.3) is 0 Å². The van der Waals surface area contributed by atoms with Gasteiger partial charge in [0, 0.05) is 35.5 Å². The summed E-state index contributed by atoms with van der Waals surface area (Å²) in [5.41, 5.74) is 0.875. The fourth-order valence-corrected chi connectivity index (χ4v) is 3.11. The SMILES string of the molecule is CCc1ccc(CNC(=NC)NCCC(=O)Nc2cccc(C)n2)s1. The number of guanidine groups is 1. The number of aromatic nitrogens is 1. The fraction of sp³-hybridized carbons (Fsp3) is 0.389. The first-order valence-corrected chi connectivity index (χ1v) is 9.18. The van der Waals surface area contributed by atoms with Gasteiger partial charge in [-0.05, 0) is 37.6 Å². The summed E-state index contributed by atoms with van der Waals surface area (Å²) in [6.07, 6.45) is 1.40. The second-order valence-electron chi connectivity index (χ2n) is 5.54. The summed E-state index contributed by atoms with van der Waals surface area (Å²) in [7, 11) is 1.72. The van der Waals surface area contributed by atoms with Crippen molar-refractivity contribution in [2.24, 2.45) is 4.99 Å². The minimum absolute atomic E-state index is 0.0769. The lowest BCUT2D eigenvalue weighted by atomic mass is 10.3. The van der Waals surface area contributed by atoms with E-state index in [2.05, 4.69) is 45.0 Å². The smallest absolute Gasteiger partial charge is 0.227 e. The van der Waals surface area contributed by atoms with Crippen molar-refractivity contribution in [3.8, 4) is 0 Å². The molecule has 0 bridgehead atoms. The number of pyridine rings is 1. The summed E-state index contributed by atoms with van der Waals surface area (Å²) in [6.45, 7) is 5.27. The molecule has 0 saturated heterocycles. The third-order valence-corrected chi connectivity index (χ3v) is 4.75. The van der Waals surface area contributed by atoms with E-state index in [-0.39, 0.29) is 5.91 Å². The van der Waals surface area contributed by atoms with Crippen LogP contribution in [0.5, 0.6) is 0 Å². The molecule has 0 radical (unpaired) electrons. The van der Waals surface area contributed by atoms with Gasteiger partial charge < -0.3 is 16.0 Å². The van der Waals surface area contributed by atoms with E-state index in [4.69, 9.17) is 0 Å². The van der Waals surface area contributed by atoms with Crippen LogP contribution in [-0.2, 0) is 17.8 Å². The minimum atomic E-state index is -0.0769. The number of nitrogens with zero attached hydrogens (tertiary/aromatic N) is 2. The first-order valence-electron chi connectivity index (χ1n) is 8.36. The van der Waals surface area contributed by atoms with Crippen molar-refractivity contribution >= 4 is 29.0 Å². The quantitative estimate of drug-likeness (QED) is 0.525. The molecule has 0 aliphatic rings. The lowest BCUT2D eigenvalue weighted by Gasteiger charge is -2.11. The third kappa shape index (κ3) is 6.54. The maximum Gasteiger partial charge on any atom is 0.227 e. The second kappa shape index (κ2) is 9.78. The molecule has 0 aliphatic carbocycles. The summed E-state index contributed by atoms with van der Waals surface area (Å²) in [5.74, 6) is 1.19. The molecule has 0 spiro atoms. The Hall–Kier alpha value is -2.41. The first kappa shape index (κ1) is 18.9. The predicted octanol–water partition coefficient (Wildman–Crippen LogP) is 2.71. The monoisotopic (exact) mass is 359 g/mol. The summed E-state index contributed by atoms with van der Waals surface area (Å²) in [5, 5.41) is 9.20. The highest BCUT2D eigenvalue weighted by atomic mass is 32.1. The molecule has 0 aliphatic heterocycles. The molecular formula is C18H25N5OS. The normalized spacial score (nSPS) is 11.2. The topological polar surface area (TPSA) is 78.4 Å². The molecule has 2 heterocycles. The Labute approximate surface area is 152 Å². The third-order valence-electron chi connectivity index (χ3n) is 3.52. The van der Waals surface area contributed by atoms with Crippen LogP contribution in [0.25, 0.3) is 0 Å². The van der Waals surface area contributed by atoms with Crippen LogP contribution in [0.4, 0.5) is 5.82 Å². The maximum absolute atomic E-state index is 12.0. The Bertz CT molecular complexity index is 726. The van der Waals surface area contributed by atoms with Crippen LogP contribution in [0.2, 0.25) is 0 Å². The predicted molar refractivity (Wildman–Crippen MR) is 104 cm³/mol. The van der Waals surface area contributed by atoms with Crippen LogP contribution in [0.15, 0.2) is 35.3 Å². The zero-order valence-corrected chi connectivity index (χ0v) is 15.7. The van der Waals surface area contributed by atoms with E-state index in [0.29, 0.717) is 24.7 Å². The molecule has 1 amide bonds.